The lowest BCUT2D eigenvalue weighted by atomic mass is 9.97. The van der Waals surface area contributed by atoms with E-state index in [2.05, 4.69) is 20.4 Å². The van der Waals surface area contributed by atoms with Crippen molar-refractivity contribution < 1.29 is 14.4 Å². The molecule has 0 radical (unpaired) electrons. The van der Waals surface area contributed by atoms with E-state index in [0.717, 1.165) is 53.6 Å². The highest BCUT2D eigenvalue weighted by molar-refractivity contribution is 6.29. The van der Waals surface area contributed by atoms with Gasteiger partial charge in [0.15, 0.2) is 5.15 Å². The average molecular weight is 478 g/mol. The first-order chi connectivity index (χ1) is 16.5. The summed E-state index contributed by atoms with van der Waals surface area (Å²) < 4.78 is 2.06. The van der Waals surface area contributed by atoms with Gasteiger partial charge < -0.3 is 5.32 Å². The summed E-state index contributed by atoms with van der Waals surface area (Å²) in [6.45, 7) is 1.92. The molecular weight excluding hydrogens is 454 g/mol. The summed E-state index contributed by atoms with van der Waals surface area (Å²) in [6.07, 6.45) is 3.19. The maximum Gasteiger partial charge on any atom is 0.259 e. The van der Waals surface area contributed by atoms with Crippen LogP contribution in [-0.2, 0) is 16.0 Å². The predicted octanol–water partition coefficient (Wildman–Crippen LogP) is 2.97. The fraction of sp³-hybridized carbons (Fsp3) is 0.360. The van der Waals surface area contributed by atoms with Crippen molar-refractivity contribution in [2.24, 2.45) is 0 Å². The van der Waals surface area contributed by atoms with Crippen LogP contribution < -0.4 is 15.5 Å². The Morgan fingerprint density at radius 2 is 1.88 bits per heavy atom. The van der Waals surface area contributed by atoms with Crippen LogP contribution in [0.25, 0.3) is 10.8 Å². The van der Waals surface area contributed by atoms with Crippen LogP contribution in [0.1, 0.15) is 53.3 Å². The molecule has 3 aliphatic heterocycles. The minimum atomic E-state index is -0.688. The van der Waals surface area contributed by atoms with Crippen LogP contribution in [0.5, 0.6) is 0 Å². The lowest BCUT2D eigenvalue weighted by Crippen LogP contribution is -2.53. The smallest absolute Gasteiger partial charge is 0.259 e. The molecule has 2 saturated heterocycles. The van der Waals surface area contributed by atoms with Crippen molar-refractivity contribution in [3.63, 3.8) is 0 Å². The van der Waals surface area contributed by atoms with Crippen molar-refractivity contribution >= 4 is 45.8 Å². The number of hydrogen-bond donors (Lipinski definition) is 2. The molecule has 1 unspecified atom stereocenters. The third kappa shape index (κ3) is 3.40. The van der Waals surface area contributed by atoms with E-state index in [1.807, 2.05) is 30.3 Å². The zero-order valence-electron chi connectivity index (χ0n) is 18.5. The summed E-state index contributed by atoms with van der Waals surface area (Å²) in [5.41, 5.74) is 3.43. The Morgan fingerprint density at radius 1 is 1.06 bits per heavy atom. The van der Waals surface area contributed by atoms with E-state index >= 15 is 0 Å². The minimum absolute atomic E-state index is 0.199. The maximum atomic E-state index is 13.4. The molecule has 9 heteroatoms. The summed E-state index contributed by atoms with van der Waals surface area (Å²) in [5.74, 6) is -0.917. The van der Waals surface area contributed by atoms with Gasteiger partial charge in [-0.1, -0.05) is 29.8 Å². The zero-order valence-corrected chi connectivity index (χ0v) is 19.3. The number of piperidine rings is 2. The minimum Gasteiger partial charge on any atom is -0.317 e. The van der Waals surface area contributed by atoms with E-state index in [9.17, 15) is 14.4 Å². The summed E-state index contributed by atoms with van der Waals surface area (Å²) in [4.78, 5) is 39.1. The molecule has 3 aliphatic rings. The summed E-state index contributed by atoms with van der Waals surface area (Å²) in [6, 6.07) is 11.2. The number of benzene rings is 2. The van der Waals surface area contributed by atoms with Gasteiger partial charge in [-0.05, 0) is 61.5 Å². The molecule has 1 atom stereocenters. The Labute approximate surface area is 201 Å². The van der Waals surface area contributed by atoms with Gasteiger partial charge in [0.2, 0.25) is 11.8 Å². The molecule has 6 rings (SSSR count). The van der Waals surface area contributed by atoms with Gasteiger partial charge in [0.1, 0.15) is 6.04 Å². The van der Waals surface area contributed by atoms with Crippen molar-refractivity contribution in [2.75, 3.05) is 18.0 Å². The van der Waals surface area contributed by atoms with Crippen LogP contribution in [-0.4, -0.2) is 46.6 Å². The van der Waals surface area contributed by atoms with Gasteiger partial charge in [-0.3, -0.25) is 29.3 Å². The molecule has 2 N–H and O–H groups in total. The van der Waals surface area contributed by atoms with E-state index in [1.54, 1.807) is 11.0 Å². The number of halogens is 1. The van der Waals surface area contributed by atoms with E-state index in [1.165, 1.54) is 0 Å². The number of rotatable bonds is 4. The largest absolute Gasteiger partial charge is 0.317 e. The Balaban J connectivity index is 1.39. The van der Waals surface area contributed by atoms with Gasteiger partial charge in [0.25, 0.3) is 5.91 Å². The van der Waals surface area contributed by atoms with Crippen LogP contribution >= 0.6 is 11.6 Å². The molecule has 3 aromatic rings. The first-order valence-electron chi connectivity index (χ1n) is 11.7. The van der Waals surface area contributed by atoms with Crippen LogP contribution in [0, 0.1) is 0 Å². The second-order valence-corrected chi connectivity index (χ2v) is 9.56. The van der Waals surface area contributed by atoms with Crippen molar-refractivity contribution in [1.82, 2.24) is 20.4 Å². The number of carbonyl (C=O) groups excluding carboxylic acids is 3. The van der Waals surface area contributed by atoms with E-state index in [0.29, 0.717) is 29.6 Å². The number of amides is 3. The lowest BCUT2D eigenvalue weighted by Gasteiger charge is -2.30. The van der Waals surface area contributed by atoms with Crippen LogP contribution in [0.15, 0.2) is 36.4 Å². The SMILES string of the molecule is O=C1CCC(N2C(=O)c3cccc4c(Cc5cc(Cl)nn5C5CCNCC5)ccc2c34)C(=O)N1. The van der Waals surface area contributed by atoms with Gasteiger partial charge in [0, 0.05) is 29.5 Å². The number of carbonyl (C=O) groups is 3. The maximum absolute atomic E-state index is 13.4. The Bertz CT molecular complexity index is 1340. The van der Waals surface area contributed by atoms with E-state index < -0.39 is 11.9 Å². The van der Waals surface area contributed by atoms with Crippen LogP contribution in [0.2, 0.25) is 5.15 Å². The average Bonchev–Trinajstić information content (AvgIpc) is 3.34. The van der Waals surface area contributed by atoms with Crippen molar-refractivity contribution in [1.29, 1.82) is 0 Å². The summed E-state index contributed by atoms with van der Waals surface area (Å²) in [7, 11) is 0. The summed E-state index contributed by atoms with van der Waals surface area (Å²) >= 11 is 6.32. The molecule has 3 amide bonds. The standard InChI is InChI=1S/C25H24ClN5O3/c26-21-13-16(31(29-21)15-8-10-27-11-9-15)12-14-4-5-19-23-17(14)2-1-3-18(23)25(34)30(19)20-6-7-22(32)28-24(20)33/h1-5,13,15,20,27H,6-12H2,(H,28,32,33). The number of anilines is 1. The van der Waals surface area contributed by atoms with Gasteiger partial charge in [-0.25, -0.2) is 0 Å². The van der Waals surface area contributed by atoms with Crippen LogP contribution in [0.3, 0.4) is 0 Å². The molecule has 1 aromatic heterocycles. The van der Waals surface area contributed by atoms with E-state index in [4.69, 9.17) is 11.6 Å². The summed E-state index contributed by atoms with van der Waals surface area (Å²) in [5, 5.41) is 12.7. The topological polar surface area (TPSA) is 96.3 Å². The molecule has 2 aromatic carbocycles. The fourth-order valence-electron chi connectivity index (χ4n) is 5.55. The lowest BCUT2D eigenvalue weighted by molar-refractivity contribution is -0.134. The van der Waals surface area contributed by atoms with Crippen LogP contribution in [0.4, 0.5) is 5.69 Å². The first kappa shape index (κ1) is 21.3. The molecule has 0 aliphatic carbocycles. The molecule has 34 heavy (non-hydrogen) atoms. The van der Waals surface area contributed by atoms with Gasteiger partial charge >= 0.3 is 0 Å². The highest BCUT2D eigenvalue weighted by atomic mass is 35.5. The monoisotopic (exact) mass is 477 g/mol. The van der Waals surface area contributed by atoms with Gasteiger partial charge in [-0.15, -0.1) is 0 Å². The number of nitrogens with zero attached hydrogens (tertiary/aromatic N) is 3. The first-order valence-corrected chi connectivity index (χ1v) is 12.1. The Hall–Kier alpha value is -3.23. The second-order valence-electron chi connectivity index (χ2n) is 9.17. The quantitative estimate of drug-likeness (QED) is 0.563. The Kier molecular flexibility index (Phi) is 5.15. The molecule has 0 spiro atoms. The zero-order chi connectivity index (χ0) is 23.4. The third-order valence-electron chi connectivity index (χ3n) is 7.15. The van der Waals surface area contributed by atoms with E-state index in [-0.39, 0.29) is 18.2 Å². The Morgan fingerprint density at radius 3 is 2.68 bits per heavy atom. The second kappa shape index (κ2) is 8.21. The van der Waals surface area contributed by atoms with Crippen molar-refractivity contribution in [2.45, 2.75) is 44.2 Å². The fourth-order valence-corrected chi connectivity index (χ4v) is 5.76. The number of imide groups is 1. The van der Waals surface area contributed by atoms with Gasteiger partial charge in [-0.2, -0.15) is 5.10 Å². The number of nitrogens with one attached hydrogen (secondary N) is 2. The molecule has 4 heterocycles. The normalized spacial score (nSPS) is 20.9. The van der Waals surface area contributed by atoms with Crippen molar-refractivity contribution in [3.05, 3.63) is 58.4 Å². The molecule has 2 fully saturated rings. The molecule has 0 saturated carbocycles. The molecule has 174 valence electrons. The predicted molar refractivity (Wildman–Crippen MR) is 128 cm³/mol. The van der Waals surface area contributed by atoms with Crippen molar-refractivity contribution in [3.8, 4) is 0 Å². The van der Waals surface area contributed by atoms with Gasteiger partial charge in [0.05, 0.1) is 11.7 Å². The third-order valence-corrected chi connectivity index (χ3v) is 7.33. The molecular formula is C25H24ClN5O3. The number of aromatic nitrogens is 2. The molecule has 0 bridgehead atoms. The highest BCUT2D eigenvalue weighted by Gasteiger charge is 2.40. The molecule has 8 nitrogen and oxygen atoms in total. The number of hydrogen-bond acceptors (Lipinski definition) is 5. The highest BCUT2D eigenvalue weighted by Crippen LogP contribution is 2.41.